The molecule has 1 amide bonds. The number of benzene rings is 4. The molecule has 71 heavy (non-hydrogen) atoms. The first-order valence-corrected chi connectivity index (χ1v) is 26.8. The van der Waals surface area contributed by atoms with Gasteiger partial charge in [0.2, 0.25) is 5.91 Å². The van der Waals surface area contributed by atoms with E-state index in [-0.39, 0.29) is 18.3 Å². The average Bonchev–Trinajstić information content (AvgIpc) is 4.15. The summed E-state index contributed by atoms with van der Waals surface area (Å²) in [7, 11) is 0. The SMILES string of the molecule is CCn1c2ccc(CNCCCCCCCCCC(=O)NCCOc3ccc(CCc4nc5cc(-c6c(C)noc6C)ccc5n4CCN4CCOCC4)cc3F)cc2c2ccc(-c3cc(C)cs3)cc21. The van der Waals surface area contributed by atoms with Gasteiger partial charge in [-0.25, -0.2) is 9.37 Å². The third kappa shape index (κ3) is 12.4. The molecule has 4 aromatic heterocycles. The normalized spacial score (nSPS) is 13.3. The maximum atomic E-state index is 15.3. The Bertz CT molecular complexity index is 3030. The summed E-state index contributed by atoms with van der Waals surface area (Å²) in [4.78, 5) is 21.4. The highest BCUT2D eigenvalue weighted by Gasteiger charge is 2.19. The summed E-state index contributed by atoms with van der Waals surface area (Å²) in [6.07, 6.45) is 9.61. The number of nitrogens with zero attached hydrogens (tertiary/aromatic N) is 5. The largest absolute Gasteiger partial charge is 0.489 e. The molecule has 0 radical (unpaired) electrons. The smallest absolute Gasteiger partial charge is 0.220 e. The van der Waals surface area contributed by atoms with Crippen molar-refractivity contribution in [2.75, 3.05) is 52.5 Å². The number of unbranched alkanes of at least 4 members (excludes halogenated alkanes) is 6. The summed E-state index contributed by atoms with van der Waals surface area (Å²) in [5.41, 5.74) is 12.3. The van der Waals surface area contributed by atoms with Crippen LogP contribution in [0.5, 0.6) is 5.75 Å². The lowest BCUT2D eigenvalue weighted by atomic mass is 10.0. The summed E-state index contributed by atoms with van der Waals surface area (Å²) in [5.74, 6) is 1.56. The number of morpholine rings is 1. The molecule has 11 nitrogen and oxygen atoms in total. The molecule has 1 saturated heterocycles. The summed E-state index contributed by atoms with van der Waals surface area (Å²) >= 11 is 1.81. The fraction of sp³-hybridized carbons (Fsp3) is 0.431. The Hall–Kier alpha value is -5.86. The van der Waals surface area contributed by atoms with Crippen molar-refractivity contribution in [1.29, 1.82) is 0 Å². The van der Waals surface area contributed by atoms with Crippen molar-refractivity contribution >= 4 is 50.1 Å². The lowest BCUT2D eigenvalue weighted by molar-refractivity contribution is -0.121. The molecular weight excluding hydrogens is 910 g/mol. The average molecular weight is 980 g/mol. The first-order chi connectivity index (χ1) is 34.7. The van der Waals surface area contributed by atoms with E-state index in [4.69, 9.17) is 19.0 Å². The minimum atomic E-state index is -0.403. The van der Waals surface area contributed by atoms with E-state index in [9.17, 15) is 4.79 Å². The third-order valence-electron chi connectivity index (χ3n) is 14.1. The van der Waals surface area contributed by atoms with Gasteiger partial charge in [0.15, 0.2) is 11.6 Å². The summed E-state index contributed by atoms with van der Waals surface area (Å²) in [6.45, 7) is 16.7. The maximum absolute atomic E-state index is 15.3. The molecule has 0 bridgehead atoms. The van der Waals surface area contributed by atoms with Crippen LogP contribution < -0.4 is 15.4 Å². The minimum Gasteiger partial charge on any atom is -0.489 e. The quantitative estimate of drug-likeness (QED) is 0.0545. The standard InChI is InChI=1S/C58H70FN7O4S/c1-5-65-51-20-14-44(34-48(51)47-19-17-45(37-53(47)65)55-33-40(2)39-71-55)38-60-24-12-10-8-6-7-9-11-13-57(67)61-25-30-69-54-22-15-43(35-49(54)59)16-23-56-62-50-36-46(58-41(3)63-70-42(58)4)18-21-52(50)66(56)27-26-64-28-31-68-32-29-64/h14-15,17-22,33-37,39,60H,5-13,16,23-32,38H2,1-4H3,(H,61,67). The van der Waals surface area contributed by atoms with E-state index < -0.39 is 5.82 Å². The molecule has 0 spiro atoms. The molecule has 9 rings (SSSR count). The van der Waals surface area contributed by atoms with Crippen LogP contribution in [0.15, 0.2) is 88.8 Å². The van der Waals surface area contributed by atoms with Crippen LogP contribution in [0.2, 0.25) is 0 Å². The second-order valence-electron chi connectivity index (χ2n) is 19.2. The van der Waals surface area contributed by atoms with Gasteiger partial charge in [-0.2, -0.15) is 0 Å². The number of halogens is 1. The number of hydrogen-bond donors (Lipinski definition) is 2. The highest BCUT2D eigenvalue weighted by atomic mass is 32.1. The molecule has 1 aliphatic rings. The predicted octanol–water partition coefficient (Wildman–Crippen LogP) is 12.1. The van der Waals surface area contributed by atoms with Crippen LogP contribution in [-0.4, -0.2) is 82.6 Å². The van der Waals surface area contributed by atoms with Crippen LogP contribution in [0.25, 0.3) is 54.4 Å². The predicted molar refractivity (Wildman–Crippen MR) is 286 cm³/mol. The van der Waals surface area contributed by atoms with Crippen LogP contribution in [0.3, 0.4) is 0 Å². The summed E-state index contributed by atoms with van der Waals surface area (Å²) < 4.78 is 36.8. The highest BCUT2D eigenvalue weighted by molar-refractivity contribution is 7.13. The number of carbonyl (C=O) groups excluding carboxylic acids is 1. The zero-order valence-electron chi connectivity index (χ0n) is 42.1. The maximum Gasteiger partial charge on any atom is 0.220 e. The van der Waals surface area contributed by atoms with Crippen molar-refractivity contribution in [1.82, 2.24) is 34.8 Å². The number of carbonyl (C=O) groups is 1. The number of nitrogens with one attached hydrogen (secondary N) is 2. The van der Waals surface area contributed by atoms with Crippen molar-refractivity contribution < 1.29 is 23.2 Å². The Morgan fingerprint density at radius 2 is 1.56 bits per heavy atom. The van der Waals surface area contributed by atoms with E-state index in [1.165, 1.54) is 62.6 Å². The number of amides is 1. The molecule has 4 aromatic carbocycles. The van der Waals surface area contributed by atoms with Crippen molar-refractivity contribution in [2.24, 2.45) is 0 Å². The highest BCUT2D eigenvalue weighted by Crippen LogP contribution is 2.36. The first kappa shape index (κ1) is 50.1. The molecule has 8 aromatic rings. The number of fused-ring (bicyclic) bond motifs is 4. The van der Waals surface area contributed by atoms with Crippen LogP contribution in [0, 0.1) is 26.6 Å². The number of imidazole rings is 1. The lowest BCUT2D eigenvalue weighted by Crippen LogP contribution is -2.38. The lowest BCUT2D eigenvalue weighted by Gasteiger charge is -2.27. The Labute approximate surface area is 421 Å². The molecule has 5 heterocycles. The molecule has 1 aliphatic heterocycles. The number of ether oxygens (including phenoxy) is 2. The molecule has 0 unspecified atom stereocenters. The van der Waals surface area contributed by atoms with Crippen LogP contribution in [0.1, 0.15) is 92.3 Å². The van der Waals surface area contributed by atoms with E-state index >= 15 is 4.39 Å². The van der Waals surface area contributed by atoms with Crippen LogP contribution >= 0.6 is 11.3 Å². The van der Waals surface area contributed by atoms with Gasteiger partial charge in [0.25, 0.3) is 0 Å². The molecule has 0 saturated carbocycles. The second kappa shape index (κ2) is 24.0. The number of aryl methyl sites for hydroxylation is 6. The Morgan fingerprint density at radius 1 is 0.775 bits per heavy atom. The van der Waals surface area contributed by atoms with Crippen molar-refractivity contribution in [3.8, 4) is 27.3 Å². The molecule has 1 fully saturated rings. The van der Waals surface area contributed by atoms with Crippen molar-refractivity contribution in [3.63, 3.8) is 0 Å². The Morgan fingerprint density at radius 3 is 2.34 bits per heavy atom. The van der Waals surface area contributed by atoms with Gasteiger partial charge < -0.3 is 33.8 Å². The molecule has 2 N–H and O–H groups in total. The zero-order valence-corrected chi connectivity index (χ0v) is 42.9. The number of hydrogen-bond acceptors (Lipinski definition) is 9. The fourth-order valence-corrected chi connectivity index (χ4v) is 11.1. The van der Waals surface area contributed by atoms with Gasteiger partial charge >= 0.3 is 0 Å². The second-order valence-corrected chi connectivity index (χ2v) is 20.1. The zero-order chi connectivity index (χ0) is 49.1. The first-order valence-electron chi connectivity index (χ1n) is 25.9. The van der Waals surface area contributed by atoms with Gasteiger partial charge in [-0.1, -0.05) is 67.6 Å². The Kier molecular flexibility index (Phi) is 17.0. The molecule has 0 aliphatic carbocycles. The Balaban J connectivity index is 0.641. The summed E-state index contributed by atoms with van der Waals surface area (Å²) in [6, 6.07) is 27.7. The molecule has 374 valence electrons. The van der Waals surface area contributed by atoms with Gasteiger partial charge in [0.1, 0.15) is 18.2 Å². The van der Waals surface area contributed by atoms with E-state index in [0.717, 1.165) is 130 Å². The van der Waals surface area contributed by atoms with Crippen molar-refractivity contribution in [3.05, 3.63) is 124 Å². The van der Waals surface area contributed by atoms with Gasteiger partial charge in [-0.15, -0.1) is 11.3 Å². The number of aromatic nitrogens is 4. The van der Waals surface area contributed by atoms with E-state index in [2.05, 4.69) is 110 Å². The van der Waals surface area contributed by atoms with E-state index in [1.54, 1.807) is 12.1 Å². The van der Waals surface area contributed by atoms with Crippen LogP contribution in [0.4, 0.5) is 4.39 Å². The molecule has 13 heteroatoms. The molecule has 0 atom stereocenters. The number of thiophene rings is 1. The van der Waals surface area contributed by atoms with Gasteiger partial charge in [0.05, 0.1) is 36.5 Å². The minimum absolute atomic E-state index is 0.0139. The van der Waals surface area contributed by atoms with Crippen molar-refractivity contribution in [2.45, 2.75) is 112 Å². The number of rotatable bonds is 25. The molecular formula is C58H70FN7O4S. The fourth-order valence-electron chi connectivity index (χ4n) is 10.2. The monoisotopic (exact) mass is 980 g/mol. The topological polar surface area (TPSA) is 112 Å². The van der Waals surface area contributed by atoms with Crippen LogP contribution in [-0.2, 0) is 42.0 Å². The third-order valence-corrected chi connectivity index (χ3v) is 15.2. The van der Waals surface area contributed by atoms with Gasteiger partial charge in [0, 0.05) is 84.4 Å². The van der Waals surface area contributed by atoms with Gasteiger partial charge in [-0.05, 0) is 135 Å². The van der Waals surface area contributed by atoms with E-state index in [0.29, 0.717) is 25.8 Å². The van der Waals surface area contributed by atoms with Gasteiger partial charge in [-0.3, -0.25) is 9.69 Å². The van der Waals surface area contributed by atoms with E-state index in [1.807, 2.05) is 31.3 Å². The summed E-state index contributed by atoms with van der Waals surface area (Å²) in [5, 5.41) is 15.6.